The minimum Gasteiger partial charge on any atom is -0.483 e. The Balaban J connectivity index is 1.63. The molecule has 0 saturated carbocycles. The zero-order valence-electron chi connectivity index (χ0n) is 20.5. The molecule has 1 N–H and O–H groups in total. The van der Waals surface area contributed by atoms with Crippen LogP contribution in [0.15, 0.2) is 99.9 Å². The van der Waals surface area contributed by atoms with Crippen molar-refractivity contribution < 1.29 is 14.3 Å². The van der Waals surface area contributed by atoms with E-state index in [1.165, 1.54) is 0 Å². The molecule has 4 aromatic rings. The number of carbonyl (C=O) groups excluding carboxylic acids is 2. The minimum absolute atomic E-state index is 0.193. The van der Waals surface area contributed by atoms with Gasteiger partial charge < -0.3 is 15.0 Å². The van der Waals surface area contributed by atoms with E-state index >= 15 is 0 Å². The van der Waals surface area contributed by atoms with Crippen molar-refractivity contribution in [1.29, 1.82) is 0 Å². The van der Waals surface area contributed by atoms with E-state index in [1.54, 1.807) is 4.90 Å². The Morgan fingerprint density at radius 2 is 1.62 bits per heavy atom. The Morgan fingerprint density at radius 1 is 0.892 bits per heavy atom. The highest BCUT2D eigenvalue weighted by Gasteiger charge is 2.30. The fourth-order valence-electron chi connectivity index (χ4n) is 4.23. The smallest absolute Gasteiger partial charge is 0.261 e. The van der Waals surface area contributed by atoms with Crippen LogP contribution in [0.4, 0.5) is 0 Å². The second-order valence-corrected chi connectivity index (χ2v) is 10.3. The average Bonchev–Trinajstić information content (AvgIpc) is 2.91. The molecule has 37 heavy (non-hydrogen) atoms. The molecule has 0 fully saturated rings. The van der Waals surface area contributed by atoms with E-state index < -0.39 is 6.04 Å². The number of carbonyl (C=O) groups is 2. The summed E-state index contributed by atoms with van der Waals surface area (Å²) in [6.07, 6.45) is 0.395. The number of fused-ring (bicyclic) bond motifs is 1. The van der Waals surface area contributed by atoms with Crippen LogP contribution < -0.4 is 10.1 Å². The van der Waals surface area contributed by atoms with Crippen molar-refractivity contribution >= 4 is 54.4 Å². The molecule has 7 heteroatoms. The highest BCUT2D eigenvalue weighted by Crippen LogP contribution is 2.33. The van der Waals surface area contributed by atoms with Crippen LogP contribution in [0.5, 0.6) is 5.75 Å². The summed E-state index contributed by atoms with van der Waals surface area (Å²) in [6.45, 7) is 2.42. The molecule has 5 nitrogen and oxygen atoms in total. The lowest BCUT2D eigenvalue weighted by molar-refractivity contribution is -0.142. The van der Waals surface area contributed by atoms with Crippen molar-refractivity contribution in [3.8, 4) is 5.75 Å². The van der Waals surface area contributed by atoms with Gasteiger partial charge in [-0.15, -0.1) is 0 Å². The standard InChI is InChI=1S/C30H28Br2N2O3/c1-2-33-30(36)26(18-21-9-4-3-5-10-21)34(19-22-11-8-13-24(31)17-22)28(35)20-37-27-16-15-23-12-6-7-14-25(23)29(27)32/h3-17,26H,2,18-20H2,1H3,(H,33,36)/t26-/m1/s1. The molecule has 0 bridgehead atoms. The van der Waals surface area contributed by atoms with Gasteiger partial charge in [-0.3, -0.25) is 9.59 Å². The zero-order chi connectivity index (χ0) is 26.2. The molecule has 4 rings (SSSR count). The summed E-state index contributed by atoms with van der Waals surface area (Å²) in [7, 11) is 0. The lowest BCUT2D eigenvalue weighted by atomic mass is 10.0. The van der Waals surface area contributed by atoms with E-state index in [0.29, 0.717) is 18.7 Å². The normalized spacial score (nSPS) is 11.6. The molecule has 0 heterocycles. The van der Waals surface area contributed by atoms with Crippen molar-refractivity contribution in [2.75, 3.05) is 13.2 Å². The van der Waals surface area contributed by atoms with Gasteiger partial charge in [-0.25, -0.2) is 0 Å². The summed E-state index contributed by atoms with van der Waals surface area (Å²) < 4.78 is 7.71. The van der Waals surface area contributed by atoms with Gasteiger partial charge >= 0.3 is 0 Å². The predicted molar refractivity (Wildman–Crippen MR) is 154 cm³/mol. The predicted octanol–water partition coefficient (Wildman–Crippen LogP) is 6.52. The maximum absolute atomic E-state index is 13.7. The Labute approximate surface area is 234 Å². The van der Waals surface area contributed by atoms with Crippen molar-refractivity contribution in [2.45, 2.75) is 25.9 Å². The highest BCUT2D eigenvalue weighted by atomic mass is 79.9. The molecule has 190 valence electrons. The van der Waals surface area contributed by atoms with Crippen molar-refractivity contribution in [3.05, 3.63) is 111 Å². The van der Waals surface area contributed by atoms with E-state index in [0.717, 1.165) is 30.8 Å². The van der Waals surface area contributed by atoms with Gasteiger partial charge in [-0.05, 0) is 63.0 Å². The van der Waals surface area contributed by atoms with Gasteiger partial charge in [0, 0.05) is 24.0 Å². The lowest BCUT2D eigenvalue weighted by Gasteiger charge is -2.31. The number of ether oxygens (including phenoxy) is 1. The summed E-state index contributed by atoms with van der Waals surface area (Å²) in [4.78, 5) is 28.6. The topological polar surface area (TPSA) is 58.6 Å². The maximum Gasteiger partial charge on any atom is 0.261 e. The number of rotatable bonds is 10. The molecule has 1 atom stereocenters. The summed E-state index contributed by atoms with van der Waals surface area (Å²) in [5.41, 5.74) is 1.89. The van der Waals surface area contributed by atoms with Gasteiger partial charge in [0.25, 0.3) is 5.91 Å². The van der Waals surface area contributed by atoms with Crippen molar-refractivity contribution in [3.63, 3.8) is 0 Å². The Hall–Kier alpha value is -3.16. The largest absolute Gasteiger partial charge is 0.483 e. The molecule has 4 aromatic carbocycles. The van der Waals surface area contributed by atoms with E-state index in [4.69, 9.17) is 4.74 Å². The summed E-state index contributed by atoms with van der Waals surface area (Å²) in [6, 6.07) is 28.6. The fraction of sp³-hybridized carbons (Fsp3) is 0.200. The van der Waals surface area contributed by atoms with E-state index in [-0.39, 0.29) is 25.0 Å². The first-order valence-corrected chi connectivity index (χ1v) is 13.7. The lowest BCUT2D eigenvalue weighted by Crippen LogP contribution is -2.51. The van der Waals surface area contributed by atoms with E-state index in [1.807, 2.05) is 97.9 Å². The minimum atomic E-state index is -0.697. The molecule has 0 unspecified atom stereocenters. The number of nitrogens with one attached hydrogen (secondary N) is 1. The fourth-order valence-corrected chi connectivity index (χ4v) is 5.28. The van der Waals surface area contributed by atoms with Gasteiger partial charge in [0.2, 0.25) is 5.91 Å². The van der Waals surface area contributed by atoms with Crippen LogP contribution in [-0.4, -0.2) is 35.9 Å². The SMILES string of the molecule is CCNC(=O)[C@@H](Cc1ccccc1)N(Cc1cccc(Br)c1)C(=O)COc1ccc2ccccc2c1Br. The molecule has 0 aliphatic rings. The van der Waals surface area contributed by atoms with E-state index in [9.17, 15) is 9.59 Å². The van der Waals surface area contributed by atoms with Crippen molar-refractivity contribution in [1.82, 2.24) is 10.2 Å². The molecule has 0 aliphatic heterocycles. The number of hydrogen-bond acceptors (Lipinski definition) is 3. The van der Waals surface area contributed by atoms with Crippen LogP contribution in [0.25, 0.3) is 10.8 Å². The zero-order valence-corrected chi connectivity index (χ0v) is 23.7. The first-order valence-electron chi connectivity index (χ1n) is 12.1. The molecule has 0 aromatic heterocycles. The maximum atomic E-state index is 13.7. The van der Waals surface area contributed by atoms with Crippen molar-refractivity contribution in [2.24, 2.45) is 0 Å². The van der Waals surface area contributed by atoms with Crippen LogP contribution in [0.2, 0.25) is 0 Å². The number of hydrogen-bond donors (Lipinski definition) is 1. The number of amides is 2. The first kappa shape index (κ1) is 26.9. The number of likely N-dealkylation sites (N-methyl/N-ethyl adjacent to an activating group) is 1. The third kappa shape index (κ3) is 6.99. The van der Waals surface area contributed by atoms with E-state index in [2.05, 4.69) is 37.2 Å². The van der Waals surface area contributed by atoms with Crippen LogP contribution in [-0.2, 0) is 22.6 Å². The molecule has 0 radical (unpaired) electrons. The molecular formula is C30H28Br2N2O3. The van der Waals surface area contributed by atoms with Gasteiger partial charge in [0.15, 0.2) is 6.61 Å². The summed E-state index contributed by atoms with van der Waals surface area (Å²) >= 11 is 7.14. The third-order valence-corrected chi connectivity index (χ3v) is 7.35. The second-order valence-electron chi connectivity index (χ2n) is 8.64. The van der Waals surface area contributed by atoms with Gasteiger partial charge in [-0.1, -0.05) is 88.7 Å². The number of benzene rings is 4. The third-order valence-electron chi connectivity index (χ3n) is 6.04. The first-order chi connectivity index (χ1) is 18.0. The Morgan fingerprint density at radius 3 is 2.38 bits per heavy atom. The molecule has 2 amide bonds. The highest BCUT2D eigenvalue weighted by molar-refractivity contribution is 9.11. The number of nitrogens with zero attached hydrogens (tertiary/aromatic N) is 1. The monoisotopic (exact) mass is 622 g/mol. The molecule has 0 saturated heterocycles. The Kier molecular flexibility index (Phi) is 9.36. The second kappa shape index (κ2) is 12.9. The summed E-state index contributed by atoms with van der Waals surface area (Å²) in [5.74, 6) is 0.112. The van der Waals surface area contributed by atoms with Crippen LogP contribution in [0.1, 0.15) is 18.1 Å². The number of halogens is 2. The molecular weight excluding hydrogens is 596 g/mol. The van der Waals surface area contributed by atoms with Crippen LogP contribution in [0, 0.1) is 0 Å². The Bertz CT molecular complexity index is 1380. The summed E-state index contributed by atoms with van der Waals surface area (Å²) in [5, 5.41) is 4.99. The van der Waals surface area contributed by atoms with Crippen LogP contribution >= 0.6 is 31.9 Å². The van der Waals surface area contributed by atoms with Gasteiger partial charge in [0.05, 0.1) is 4.47 Å². The quantitative estimate of drug-likeness (QED) is 0.219. The van der Waals surface area contributed by atoms with Crippen LogP contribution in [0.3, 0.4) is 0 Å². The molecule has 0 aliphatic carbocycles. The van der Waals surface area contributed by atoms with Gasteiger partial charge in [-0.2, -0.15) is 0 Å². The van der Waals surface area contributed by atoms with Gasteiger partial charge in [0.1, 0.15) is 11.8 Å². The molecule has 0 spiro atoms. The average molecular weight is 624 g/mol.